The van der Waals surface area contributed by atoms with Crippen LogP contribution < -0.4 is 16.6 Å². The normalized spacial score (nSPS) is 28.4. The lowest BCUT2D eigenvalue weighted by Crippen LogP contribution is -2.61. The van der Waals surface area contributed by atoms with E-state index in [-0.39, 0.29) is 12.9 Å². The van der Waals surface area contributed by atoms with Gasteiger partial charge in [0.05, 0.1) is 6.42 Å². The number of rotatable bonds is 4. The van der Waals surface area contributed by atoms with E-state index < -0.39 is 23.5 Å². The van der Waals surface area contributed by atoms with Gasteiger partial charge in [0.25, 0.3) is 12.4 Å². The third kappa shape index (κ3) is 1.47. The van der Waals surface area contributed by atoms with Crippen LogP contribution in [0.4, 0.5) is 0 Å². The van der Waals surface area contributed by atoms with E-state index in [0.29, 0.717) is 0 Å². The lowest BCUT2D eigenvalue weighted by atomic mass is 9.92. The molecule has 78 valence electrons. The van der Waals surface area contributed by atoms with Gasteiger partial charge in [0.2, 0.25) is 5.91 Å². The predicted octanol–water partition coefficient (Wildman–Crippen LogP) is -2.20. The Morgan fingerprint density at radius 1 is 1.71 bits per heavy atom. The largest absolute Gasteiger partial charge is 0.462 e. The van der Waals surface area contributed by atoms with Gasteiger partial charge in [-0.1, -0.05) is 0 Å². The third-order valence-corrected chi connectivity index (χ3v) is 2.31. The summed E-state index contributed by atoms with van der Waals surface area (Å²) in [7, 11) is 0. The molecule has 1 rings (SSSR count). The SMILES string of the molecule is CC(OC=O)C1(NN)CC(=O)NC1=O. The zero-order valence-corrected chi connectivity index (χ0v) is 7.57. The molecule has 14 heavy (non-hydrogen) atoms. The van der Waals surface area contributed by atoms with E-state index in [1.165, 1.54) is 6.92 Å². The summed E-state index contributed by atoms with van der Waals surface area (Å²) < 4.78 is 4.60. The highest BCUT2D eigenvalue weighted by Crippen LogP contribution is 2.22. The Bertz CT molecular complexity index is 280. The molecule has 2 atom stereocenters. The third-order valence-electron chi connectivity index (χ3n) is 2.31. The second-order valence-corrected chi connectivity index (χ2v) is 3.04. The summed E-state index contributed by atoms with van der Waals surface area (Å²) in [5, 5.41) is 2.08. The molecular formula is C7H11N3O4. The van der Waals surface area contributed by atoms with Crippen LogP contribution in [0.15, 0.2) is 0 Å². The molecule has 1 heterocycles. The van der Waals surface area contributed by atoms with Crippen LogP contribution in [0.1, 0.15) is 13.3 Å². The lowest BCUT2D eigenvalue weighted by Gasteiger charge is -2.29. The fourth-order valence-electron chi connectivity index (χ4n) is 1.38. The van der Waals surface area contributed by atoms with Crippen molar-refractivity contribution >= 4 is 18.3 Å². The molecule has 7 heteroatoms. The predicted molar refractivity (Wildman–Crippen MR) is 44.4 cm³/mol. The summed E-state index contributed by atoms with van der Waals surface area (Å²) in [6, 6.07) is 0. The van der Waals surface area contributed by atoms with Gasteiger partial charge in [0, 0.05) is 0 Å². The van der Waals surface area contributed by atoms with Gasteiger partial charge in [-0.05, 0) is 6.92 Å². The first kappa shape index (κ1) is 10.6. The van der Waals surface area contributed by atoms with Gasteiger partial charge in [0.15, 0.2) is 5.54 Å². The minimum Gasteiger partial charge on any atom is -0.462 e. The Morgan fingerprint density at radius 3 is 2.71 bits per heavy atom. The zero-order valence-electron chi connectivity index (χ0n) is 7.57. The molecule has 0 aliphatic carbocycles. The van der Waals surface area contributed by atoms with Crippen molar-refractivity contribution in [3.05, 3.63) is 0 Å². The summed E-state index contributed by atoms with van der Waals surface area (Å²) in [5.41, 5.74) is 0.876. The maximum absolute atomic E-state index is 11.4. The zero-order chi connectivity index (χ0) is 10.8. The second kappa shape index (κ2) is 3.72. The van der Waals surface area contributed by atoms with E-state index in [1.807, 2.05) is 0 Å². The van der Waals surface area contributed by atoms with Crippen LogP contribution in [-0.4, -0.2) is 29.9 Å². The first-order valence-corrected chi connectivity index (χ1v) is 3.98. The molecule has 0 radical (unpaired) electrons. The molecule has 0 aromatic rings. The average molecular weight is 201 g/mol. The van der Waals surface area contributed by atoms with E-state index in [9.17, 15) is 14.4 Å². The van der Waals surface area contributed by atoms with Crippen molar-refractivity contribution in [2.24, 2.45) is 5.84 Å². The maximum Gasteiger partial charge on any atom is 0.293 e. The lowest BCUT2D eigenvalue weighted by molar-refractivity contribution is -0.141. The maximum atomic E-state index is 11.4. The number of nitrogens with one attached hydrogen (secondary N) is 2. The minimum atomic E-state index is -1.35. The average Bonchev–Trinajstić information content (AvgIpc) is 2.42. The standard InChI is InChI=1S/C7H11N3O4/c1-4(14-3-11)7(10-8)2-5(12)9-6(7)13/h3-4,10H,2,8H2,1H3,(H,9,12,13). The highest BCUT2D eigenvalue weighted by atomic mass is 16.5. The number of amides is 2. The summed E-state index contributed by atoms with van der Waals surface area (Å²) >= 11 is 0. The summed E-state index contributed by atoms with van der Waals surface area (Å²) in [4.78, 5) is 32.5. The van der Waals surface area contributed by atoms with E-state index in [1.54, 1.807) is 0 Å². The van der Waals surface area contributed by atoms with E-state index >= 15 is 0 Å². The molecule has 4 N–H and O–H groups in total. The monoisotopic (exact) mass is 201 g/mol. The molecule has 1 fully saturated rings. The van der Waals surface area contributed by atoms with Crippen molar-refractivity contribution in [2.45, 2.75) is 25.0 Å². The number of imide groups is 1. The van der Waals surface area contributed by atoms with Crippen molar-refractivity contribution in [2.75, 3.05) is 0 Å². The van der Waals surface area contributed by atoms with Crippen LogP contribution in [0, 0.1) is 0 Å². The van der Waals surface area contributed by atoms with Crippen molar-refractivity contribution in [3.8, 4) is 0 Å². The van der Waals surface area contributed by atoms with Crippen LogP contribution in [0.5, 0.6) is 0 Å². The topological polar surface area (TPSA) is 111 Å². The fourth-order valence-corrected chi connectivity index (χ4v) is 1.38. The number of hydrogen-bond donors (Lipinski definition) is 3. The molecule has 0 aromatic carbocycles. The highest BCUT2D eigenvalue weighted by Gasteiger charge is 2.51. The smallest absolute Gasteiger partial charge is 0.293 e. The number of hydrazine groups is 1. The summed E-state index contributed by atoms with van der Waals surface area (Å²) in [5.74, 6) is 4.16. The van der Waals surface area contributed by atoms with Crippen molar-refractivity contribution < 1.29 is 19.1 Å². The second-order valence-electron chi connectivity index (χ2n) is 3.04. The van der Waals surface area contributed by atoms with Crippen LogP contribution >= 0.6 is 0 Å². The van der Waals surface area contributed by atoms with Crippen LogP contribution in [0.25, 0.3) is 0 Å². The van der Waals surface area contributed by atoms with Gasteiger partial charge in [-0.25, -0.2) is 5.43 Å². The van der Waals surface area contributed by atoms with Crippen LogP contribution in [-0.2, 0) is 19.1 Å². The summed E-state index contributed by atoms with van der Waals surface area (Å²) in [6.45, 7) is 1.69. The summed E-state index contributed by atoms with van der Waals surface area (Å²) in [6.07, 6.45) is -0.950. The Morgan fingerprint density at radius 2 is 2.36 bits per heavy atom. The Hall–Kier alpha value is -1.47. The molecule has 0 bridgehead atoms. The van der Waals surface area contributed by atoms with Gasteiger partial charge in [-0.2, -0.15) is 0 Å². The van der Waals surface area contributed by atoms with Crippen LogP contribution in [0.2, 0.25) is 0 Å². The Labute approximate surface area is 79.9 Å². The van der Waals surface area contributed by atoms with Crippen molar-refractivity contribution in [1.29, 1.82) is 0 Å². The first-order chi connectivity index (χ1) is 6.56. The Balaban J connectivity index is 2.90. The molecule has 1 aliphatic heterocycles. The minimum absolute atomic E-state index is 0.142. The molecule has 2 unspecified atom stereocenters. The number of carbonyl (C=O) groups is 3. The molecule has 0 aromatic heterocycles. The van der Waals surface area contributed by atoms with Crippen molar-refractivity contribution in [3.63, 3.8) is 0 Å². The molecule has 0 saturated carbocycles. The number of hydrogen-bond acceptors (Lipinski definition) is 6. The molecular weight excluding hydrogens is 190 g/mol. The molecule has 7 nitrogen and oxygen atoms in total. The van der Waals surface area contributed by atoms with Gasteiger partial charge in [0.1, 0.15) is 6.10 Å². The van der Waals surface area contributed by atoms with Gasteiger partial charge < -0.3 is 4.74 Å². The first-order valence-electron chi connectivity index (χ1n) is 3.98. The van der Waals surface area contributed by atoms with Gasteiger partial charge in [-0.3, -0.25) is 25.5 Å². The molecule has 1 aliphatic rings. The quantitative estimate of drug-likeness (QED) is 0.206. The number of ether oxygens (including phenoxy) is 1. The highest BCUT2D eigenvalue weighted by molar-refractivity contribution is 6.08. The number of nitrogens with two attached hydrogens (primary N) is 1. The van der Waals surface area contributed by atoms with E-state index in [0.717, 1.165) is 0 Å². The molecule has 0 spiro atoms. The Kier molecular flexibility index (Phi) is 2.82. The fraction of sp³-hybridized carbons (Fsp3) is 0.571. The van der Waals surface area contributed by atoms with Crippen molar-refractivity contribution in [1.82, 2.24) is 10.7 Å². The molecule has 1 saturated heterocycles. The van der Waals surface area contributed by atoms with Gasteiger partial charge in [-0.15, -0.1) is 0 Å². The molecule has 2 amide bonds. The van der Waals surface area contributed by atoms with E-state index in [4.69, 9.17) is 5.84 Å². The van der Waals surface area contributed by atoms with E-state index in [2.05, 4.69) is 15.5 Å². The van der Waals surface area contributed by atoms with Crippen LogP contribution in [0.3, 0.4) is 0 Å². The number of carbonyl (C=O) groups excluding carboxylic acids is 3. The van der Waals surface area contributed by atoms with Gasteiger partial charge >= 0.3 is 0 Å².